The molecule has 0 atom stereocenters. The fourth-order valence-electron chi connectivity index (χ4n) is 1.82. The summed E-state index contributed by atoms with van der Waals surface area (Å²) in [5.74, 6) is 0.325. The molecular formula is C16H13N3O2S. The van der Waals surface area contributed by atoms with Gasteiger partial charge in [0.1, 0.15) is 5.52 Å². The predicted molar refractivity (Wildman–Crippen MR) is 87.1 cm³/mol. The average molecular weight is 311 g/mol. The number of benzene rings is 2. The van der Waals surface area contributed by atoms with Crippen molar-refractivity contribution in [1.82, 2.24) is 10.4 Å². The third kappa shape index (κ3) is 3.53. The first kappa shape index (κ1) is 14.3. The van der Waals surface area contributed by atoms with Crippen LogP contribution >= 0.6 is 11.8 Å². The van der Waals surface area contributed by atoms with Crippen LogP contribution in [-0.2, 0) is 0 Å². The fourth-order valence-corrected chi connectivity index (χ4v) is 2.42. The molecule has 0 saturated carbocycles. The number of nitrogens with zero attached hydrogens (tertiary/aromatic N) is 2. The van der Waals surface area contributed by atoms with E-state index in [-0.39, 0.29) is 5.91 Å². The molecule has 0 aliphatic rings. The Kier molecular flexibility index (Phi) is 4.50. The van der Waals surface area contributed by atoms with Gasteiger partial charge in [0.05, 0.1) is 0 Å². The van der Waals surface area contributed by atoms with Crippen molar-refractivity contribution in [3.8, 4) is 0 Å². The Morgan fingerprint density at radius 2 is 1.95 bits per heavy atom. The van der Waals surface area contributed by atoms with Gasteiger partial charge in [-0.25, -0.2) is 10.4 Å². The van der Waals surface area contributed by atoms with Crippen LogP contribution in [0.4, 0.5) is 0 Å². The topological polar surface area (TPSA) is 67.5 Å². The van der Waals surface area contributed by atoms with Crippen LogP contribution in [0.25, 0.3) is 11.1 Å². The molecule has 0 saturated heterocycles. The summed E-state index contributed by atoms with van der Waals surface area (Å²) in [5, 5.41) is 4.49. The molecule has 1 heterocycles. The van der Waals surface area contributed by atoms with Gasteiger partial charge in [-0.1, -0.05) is 42.1 Å². The average Bonchev–Trinajstić information content (AvgIpc) is 2.98. The fraction of sp³-hybridized carbons (Fsp3) is 0.0625. The Labute approximate surface area is 131 Å². The highest BCUT2D eigenvalue weighted by Crippen LogP contribution is 2.22. The Balaban J connectivity index is 1.49. The lowest BCUT2D eigenvalue weighted by atomic mass is 10.2. The van der Waals surface area contributed by atoms with E-state index in [1.54, 1.807) is 18.3 Å². The number of aromatic nitrogens is 1. The summed E-state index contributed by atoms with van der Waals surface area (Å²) in [4.78, 5) is 16.1. The maximum Gasteiger partial charge on any atom is 0.271 e. The predicted octanol–water partition coefficient (Wildman–Crippen LogP) is 3.34. The molecule has 22 heavy (non-hydrogen) atoms. The first-order chi connectivity index (χ1) is 10.8. The monoisotopic (exact) mass is 311 g/mol. The number of oxazole rings is 1. The van der Waals surface area contributed by atoms with Crippen LogP contribution in [0.2, 0.25) is 0 Å². The number of carbonyl (C=O) groups excluding carboxylic acids is 1. The van der Waals surface area contributed by atoms with E-state index in [1.165, 1.54) is 11.8 Å². The van der Waals surface area contributed by atoms with E-state index in [0.29, 0.717) is 16.5 Å². The maximum atomic E-state index is 11.7. The number of hydrogen-bond acceptors (Lipinski definition) is 5. The largest absolute Gasteiger partial charge is 0.431 e. The summed E-state index contributed by atoms with van der Waals surface area (Å²) < 4.78 is 5.57. The van der Waals surface area contributed by atoms with E-state index in [0.717, 1.165) is 11.1 Å². The standard InChI is InChI=1S/C16H13N3O2S/c20-15(12-6-2-1-3-7-12)19-17-10-11-22-16-18-13-8-4-5-9-14(13)21-16/h1-10H,11H2,(H,19,20)/b17-10+. The number of para-hydroxylation sites is 2. The van der Waals surface area contributed by atoms with Crippen LogP contribution in [0, 0.1) is 0 Å². The molecule has 1 aromatic heterocycles. The number of fused-ring (bicyclic) bond motifs is 1. The van der Waals surface area contributed by atoms with Crippen molar-refractivity contribution in [3.63, 3.8) is 0 Å². The van der Waals surface area contributed by atoms with Gasteiger partial charge in [-0.15, -0.1) is 0 Å². The second-order valence-corrected chi connectivity index (χ2v) is 5.35. The van der Waals surface area contributed by atoms with Gasteiger partial charge >= 0.3 is 0 Å². The van der Waals surface area contributed by atoms with Crippen LogP contribution in [0.15, 0.2) is 69.3 Å². The number of hydrogen-bond donors (Lipinski definition) is 1. The highest BCUT2D eigenvalue weighted by atomic mass is 32.2. The van der Waals surface area contributed by atoms with Crippen LogP contribution in [0.3, 0.4) is 0 Å². The van der Waals surface area contributed by atoms with Crippen molar-refractivity contribution in [2.45, 2.75) is 5.22 Å². The summed E-state index contributed by atoms with van der Waals surface area (Å²) in [6.07, 6.45) is 1.61. The molecule has 110 valence electrons. The quantitative estimate of drug-likeness (QED) is 0.446. The Bertz CT molecular complexity index is 766. The van der Waals surface area contributed by atoms with Crippen molar-refractivity contribution >= 4 is 35.0 Å². The van der Waals surface area contributed by atoms with Gasteiger partial charge in [-0.05, 0) is 24.3 Å². The van der Waals surface area contributed by atoms with Gasteiger partial charge in [0.2, 0.25) is 0 Å². The summed E-state index contributed by atoms with van der Waals surface area (Å²) in [5.41, 5.74) is 4.65. The van der Waals surface area contributed by atoms with Gasteiger partial charge in [0.25, 0.3) is 11.1 Å². The van der Waals surface area contributed by atoms with Crippen molar-refractivity contribution < 1.29 is 9.21 Å². The number of hydrazone groups is 1. The first-order valence-electron chi connectivity index (χ1n) is 6.68. The molecule has 1 N–H and O–H groups in total. The maximum absolute atomic E-state index is 11.7. The van der Waals surface area contributed by atoms with Crippen molar-refractivity contribution in [2.24, 2.45) is 5.10 Å². The van der Waals surface area contributed by atoms with Crippen molar-refractivity contribution in [1.29, 1.82) is 0 Å². The lowest BCUT2D eigenvalue weighted by Crippen LogP contribution is -2.17. The van der Waals surface area contributed by atoms with Gasteiger partial charge in [-0.3, -0.25) is 4.79 Å². The van der Waals surface area contributed by atoms with Crippen LogP contribution in [-0.4, -0.2) is 22.9 Å². The molecule has 6 heteroatoms. The second kappa shape index (κ2) is 6.91. The minimum absolute atomic E-state index is 0.233. The Morgan fingerprint density at radius 3 is 2.77 bits per heavy atom. The number of thioether (sulfide) groups is 1. The molecule has 3 aromatic rings. The number of amides is 1. The van der Waals surface area contributed by atoms with E-state index >= 15 is 0 Å². The minimum Gasteiger partial charge on any atom is -0.431 e. The number of nitrogens with one attached hydrogen (secondary N) is 1. The zero-order valence-electron chi connectivity index (χ0n) is 11.6. The zero-order valence-corrected chi connectivity index (χ0v) is 12.4. The molecule has 0 unspecified atom stereocenters. The third-order valence-corrected chi connectivity index (χ3v) is 3.59. The Hall–Kier alpha value is -2.60. The van der Waals surface area contributed by atoms with Crippen molar-refractivity contribution in [3.05, 3.63) is 60.2 Å². The van der Waals surface area contributed by atoms with Gasteiger partial charge in [0, 0.05) is 17.5 Å². The lowest BCUT2D eigenvalue weighted by Gasteiger charge is -1.98. The molecule has 0 bridgehead atoms. The highest BCUT2D eigenvalue weighted by Gasteiger charge is 2.04. The van der Waals surface area contributed by atoms with E-state index in [9.17, 15) is 4.79 Å². The molecular weight excluding hydrogens is 298 g/mol. The minimum atomic E-state index is -0.233. The first-order valence-corrected chi connectivity index (χ1v) is 7.67. The SMILES string of the molecule is O=C(N/N=C/CSc1nc2ccccc2o1)c1ccccc1. The molecule has 5 nitrogen and oxygen atoms in total. The molecule has 0 spiro atoms. The van der Waals surface area contributed by atoms with Crippen LogP contribution < -0.4 is 5.43 Å². The molecule has 3 rings (SSSR count). The second-order valence-electron chi connectivity index (χ2n) is 4.38. The Morgan fingerprint density at radius 1 is 1.18 bits per heavy atom. The number of carbonyl (C=O) groups is 1. The molecule has 0 aliphatic carbocycles. The molecule has 1 amide bonds. The van der Waals surface area contributed by atoms with Crippen molar-refractivity contribution in [2.75, 3.05) is 5.75 Å². The zero-order chi connectivity index (χ0) is 15.2. The summed E-state index contributed by atoms with van der Waals surface area (Å²) in [6, 6.07) is 16.5. The molecule has 0 fully saturated rings. The van der Waals surface area contributed by atoms with Gasteiger partial charge < -0.3 is 4.42 Å². The molecule has 0 aliphatic heterocycles. The van der Waals surface area contributed by atoms with E-state index in [2.05, 4.69) is 15.5 Å². The molecule has 0 radical (unpaired) electrons. The van der Waals surface area contributed by atoms with Gasteiger partial charge in [-0.2, -0.15) is 5.10 Å². The third-order valence-electron chi connectivity index (χ3n) is 2.85. The smallest absolute Gasteiger partial charge is 0.271 e. The van der Waals surface area contributed by atoms with Gasteiger partial charge in [0.15, 0.2) is 5.58 Å². The lowest BCUT2D eigenvalue weighted by molar-refractivity contribution is 0.0955. The number of rotatable bonds is 5. The van der Waals surface area contributed by atoms with Crippen LogP contribution in [0.5, 0.6) is 0 Å². The summed E-state index contributed by atoms with van der Waals surface area (Å²) in [6.45, 7) is 0. The summed E-state index contributed by atoms with van der Waals surface area (Å²) in [7, 11) is 0. The molecule has 2 aromatic carbocycles. The van der Waals surface area contributed by atoms with Crippen LogP contribution in [0.1, 0.15) is 10.4 Å². The normalized spacial score (nSPS) is 11.1. The summed E-state index contributed by atoms with van der Waals surface area (Å²) >= 11 is 1.42. The van der Waals surface area contributed by atoms with E-state index in [1.807, 2.05) is 42.5 Å². The van der Waals surface area contributed by atoms with E-state index < -0.39 is 0 Å². The van der Waals surface area contributed by atoms with E-state index in [4.69, 9.17) is 4.42 Å². The highest BCUT2D eigenvalue weighted by molar-refractivity contribution is 7.99.